The van der Waals surface area contributed by atoms with E-state index in [1.54, 1.807) is 0 Å². The van der Waals surface area contributed by atoms with E-state index in [1.807, 2.05) is 20.8 Å². The first-order valence-electron chi connectivity index (χ1n) is 6.13. The third-order valence-corrected chi connectivity index (χ3v) is 3.05. The van der Waals surface area contributed by atoms with E-state index in [9.17, 15) is 9.59 Å². The van der Waals surface area contributed by atoms with Gasteiger partial charge >= 0.3 is 5.97 Å². The Labute approximate surface area is 102 Å². The molecule has 0 spiro atoms. The Kier molecular flexibility index (Phi) is 4.93. The highest BCUT2D eigenvalue weighted by molar-refractivity contribution is 5.85. The van der Waals surface area contributed by atoms with E-state index in [0.717, 1.165) is 12.8 Å². The van der Waals surface area contributed by atoms with Crippen LogP contribution in [0.25, 0.3) is 0 Å². The third-order valence-electron chi connectivity index (χ3n) is 3.05. The molecule has 2 unspecified atom stereocenters. The second-order valence-electron chi connectivity index (χ2n) is 4.69. The van der Waals surface area contributed by atoms with E-state index in [-0.39, 0.29) is 24.6 Å². The minimum Gasteiger partial charge on any atom is -0.480 e. The van der Waals surface area contributed by atoms with Crippen molar-refractivity contribution in [1.29, 1.82) is 0 Å². The maximum absolute atomic E-state index is 12.1. The number of hydrogen-bond donors (Lipinski definition) is 1. The summed E-state index contributed by atoms with van der Waals surface area (Å²) in [6.07, 6.45) is 2.15. The van der Waals surface area contributed by atoms with Gasteiger partial charge in [0.1, 0.15) is 12.6 Å². The van der Waals surface area contributed by atoms with Crippen molar-refractivity contribution in [2.75, 3.05) is 6.54 Å². The standard InChI is InChI=1S/C12H21NO4/c1-4-9-5-6-10(17-9)12(16)13(8(2)3)7-11(14)15/h8-10H,4-7H2,1-3H3,(H,14,15). The molecule has 5 nitrogen and oxygen atoms in total. The van der Waals surface area contributed by atoms with Crippen molar-refractivity contribution in [2.45, 2.75) is 58.3 Å². The molecule has 0 saturated carbocycles. The molecule has 1 aliphatic rings. The maximum Gasteiger partial charge on any atom is 0.323 e. The summed E-state index contributed by atoms with van der Waals surface area (Å²) in [7, 11) is 0. The first kappa shape index (κ1) is 14.0. The number of carbonyl (C=O) groups excluding carboxylic acids is 1. The Hall–Kier alpha value is -1.10. The van der Waals surface area contributed by atoms with Crippen molar-refractivity contribution in [3.63, 3.8) is 0 Å². The van der Waals surface area contributed by atoms with Crippen molar-refractivity contribution in [3.8, 4) is 0 Å². The quantitative estimate of drug-likeness (QED) is 0.789. The lowest BCUT2D eigenvalue weighted by molar-refractivity contribution is -0.152. The van der Waals surface area contributed by atoms with E-state index in [1.165, 1.54) is 4.90 Å². The highest BCUT2D eigenvalue weighted by Gasteiger charge is 2.34. The number of carbonyl (C=O) groups is 2. The highest BCUT2D eigenvalue weighted by Crippen LogP contribution is 2.23. The summed E-state index contributed by atoms with van der Waals surface area (Å²) >= 11 is 0. The van der Waals surface area contributed by atoms with Gasteiger partial charge in [-0.25, -0.2) is 0 Å². The van der Waals surface area contributed by atoms with Crippen LogP contribution in [0.2, 0.25) is 0 Å². The first-order chi connectivity index (χ1) is 7.95. The van der Waals surface area contributed by atoms with Gasteiger partial charge in [0.15, 0.2) is 0 Å². The van der Waals surface area contributed by atoms with Gasteiger partial charge in [-0.15, -0.1) is 0 Å². The van der Waals surface area contributed by atoms with Gasteiger partial charge in [0.2, 0.25) is 0 Å². The van der Waals surface area contributed by atoms with Gasteiger partial charge in [-0.1, -0.05) is 6.92 Å². The van der Waals surface area contributed by atoms with Gasteiger partial charge in [0.25, 0.3) is 5.91 Å². The number of ether oxygens (including phenoxy) is 1. The largest absolute Gasteiger partial charge is 0.480 e. The summed E-state index contributed by atoms with van der Waals surface area (Å²) in [6, 6.07) is -0.122. The van der Waals surface area contributed by atoms with Gasteiger partial charge in [-0.2, -0.15) is 0 Å². The molecule has 98 valence electrons. The molecule has 0 aromatic carbocycles. The minimum absolute atomic E-state index is 0.122. The average molecular weight is 243 g/mol. The van der Waals surface area contributed by atoms with Crippen LogP contribution in [0, 0.1) is 0 Å². The van der Waals surface area contributed by atoms with Crippen molar-refractivity contribution in [1.82, 2.24) is 4.90 Å². The van der Waals surface area contributed by atoms with Crippen molar-refractivity contribution in [2.24, 2.45) is 0 Å². The summed E-state index contributed by atoms with van der Waals surface area (Å²) in [4.78, 5) is 24.2. The molecule has 1 rings (SSSR count). The fourth-order valence-electron chi connectivity index (χ4n) is 2.03. The minimum atomic E-state index is -0.989. The summed E-state index contributed by atoms with van der Waals surface area (Å²) in [5.41, 5.74) is 0. The molecule has 1 aliphatic heterocycles. The van der Waals surface area contributed by atoms with Gasteiger partial charge in [-0.3, -0.25) is 9.59 Å². The molecule has 5 heteroatoms. The zero-order valence-electron chi connectivity index (χ0n) is 10.7. The van der Waals surface area contributed by atoms with Crippen LogP contribution in [-0.2, 0) is 14.3 Å². The summed E-state index contributed by atoms with van der Waals surface area (Å²) in [5, 5.41) is 8.79. The van der Waals surface area contributed by atoms with E-state index in [4.69, 9.17) is 9.84 Å². The fraction of sp³-hybridized carbons (Fsp3) is 0.833. The molecule has 0 aromatic heterocycles. The van der Waals surface area contributed by atoms with E-state index < -0.39 is 12.1 Å². The summed E-state index contributed by atoms with van der Waals surface area (Å²) in [5.74, 6) is -1.18. The number of aliphatic carboxylic acids is 1. The summed E-state index contributed by atoms with van der Waals surface area (Å²) in [6.45, 7) is 5.39. The molecule has 0 aromatic rings. The second-order valence-corrected chi connectivity index (χ2v) is 4.69. The SMILES string of the molecule is CCC1CCC(C(=O)N(CC(=O)O)C(C)C)O1. The Bertz CT molecular complexity index is 290. The molecule has 0 radical (unpaired) electrons. The number of rotatable bonds is 5. The van der Waals surface area contributed by atoms with E-state index >= 15 is 0 Å². The molecule has 1 heterocycles. The number of carboxylic acid groups (broad SMARTS) is 1. The lowest BCUT2D eigenvalue weighted by atomic mass is 10.1. The van der Waals surface area contributed by atoms with Crippen LogP contribution in [0.4, 0.5) is 0 Å². The van der Waals surface area contributed by atoms with E-state index in [0.29, 0.717) is 6.42 Å². The number of nitrogens with zero attached hydrogens (tertiary/aromatic N) is 1. The van der Waals surface area contributed by atoms with Crippen molar-refractivity contribution in [3.05, 3.63) is 0 Å². The van der Waals surface area contributed by atoms with E-state index in [2.05, 4.69) is 0 Å². The van der Waals surface area contributed by atoms with Crippen LogP contribution in [-0.4, -0.2) is 46.7 Å². The Morgan fingerprint density at radius 3 is 2.47 bits per heavy atom. The number of carboxylic acids is 1. The fourth-order valence-corrected chi connectivity index (χ4v) is 2.03. The zero-order valence-corrected chi connectivity index (χ0v) is 10.7. The zero-order chi connectivity index (χ0) is 13.0. The van der Waals surface area contributed by atoms with Crippen LogP contribution < -0.4 is 0 Å². The molecule has 0 bridgehead atoms. The Morgan fingerprint density at radius 1 is 1.41 bits per heavy atom. The molecule has 1 N–H and O–H groups in total. The van der Waals surface area contributed by atoms with Crippen LogP contribution in [0.3, 0.4) is 0 Å². The molecule has 1 fully saturated rings. The predicted molar refractivity (Wildman–Crippen MR) is 62.7 cm³/mol. The van der Waals surface area contributed by atoms with Gasteiger partial charge in [0, 0.05) is 6.04 Å². The number of amides is 1. The molecular formula is C12H21NO4. The molecule has 17 heavy (non-hydrogen) atoms. The lowest BCUT2D eigenvalue weighted by Crippen LogP contribution is -2.46. The average Bonchev–Trinajstić information content (AvgIpc) is 2.72. The van der Waals surface area contributed by atoms with Crippen LogP contribution in [0.1, 0.15) is 40.0 Å². The molecular weight excluding hydrogens is 222 g/mol. The lowest BCUT2D eigenvalue weighted by Gasteiger charge is -2.27. The van der Waals surface area contributed by atoms with Gasteiger partial charge < -0.3 is 14.7 Å². The third kappa shape index (κ3) is 3.70. The highest BCUT2D eigenvalue weighted by atomic mass is 16.5. The topological polar surface area (TPSA) is 66.8 Å². The van der Waals surface area contributed by atoms with Crippen LogP contribution >= 0.6 is 0 Å². The normalized spacial score (nSPS) is 24.0. The smallest absolute Gasteiger partial charge is 0.323 e. The van der Waals surface area contributed by atoms with Crippen LogP contribution in [0.15, 0.2) is 0 Å². The van der Waals surface area contributed by atoms with Crippen molar-refractivity contribution >= 4 is 11.9 Å². The molecule has 2 atom stereocenters. The second kappa shape index (κ2) is 6.00. The van der Waals surface area contributed by atoms with Gasteiger partial charge in [0.05, 0.1) is 6.10 Å². The summed E-state index contributed by atoms with van der Waals surface area (Å²) < 4.78 is 5.60. The van der Waals surface area contributed by atoms with Crippen LogP contribution in [0.5, 0.6) is 0 Å². The molecule has 1 saturated heterocycles. The predicted octanol–water partition coefficient (Wildman–Crippen LogP) is 1.27. The Morgan fingerprint density at radius 2 is 2.06 bits per heavy atom. The maximum atomic E-state index is 12.1. The first-order valence-corrected chi connectivity index (χ1v) is 6.13. The molecule has 0 aliphatic carbocycles. The number of hydrogen-bond acceptors (Lipinski definition) is 3. The van der Waals surface area contributed by atoms with Crippen molar-refractivity contribution < 1.29 is 19.4 Å². The Balaban J connectivity index is 2.62. The monoisotopic (exact) mass is 243 g/mol. The van der Waals surface area contributed by atoms with Gasteiger partial charge in [-0.05, 0) is 33.1 Å². The molecule has 1 amide bonds.